The van der Waals surface area contributed by atoms with Crippen molar-refractivity contribution in [3.63, 3.8) is 0 Å². The maximum absolute atomic E-state index is 10.7. The number of hydrogen-bond donors (Lipinski definition) is 4. The molecule has 3 rings (SSSR count). The fourth-order valence-corrected chi connectivity index (χ4v) is 2.38. The molecular formula is C18H21N7O4. The smallest absolute Gasteiger partial charge is 0.232 e. The van der Waals surface area contributed by atoms with Crippen molar-refractivity contribution in [2.45, 2.75) is 38.5 Å². The van der Waals surface area contributed by atoms with E-state index in [9.17, 15) is 19.2 Å². The molecule has 152 valence electrons. The Kier molecular flexibility index (Phi) is 8.78. The van der Waals surface area contributed by atoms with Crippen LogP contribution in [-0.2, 0) is 19.2 Å². The van der Waals surface area contributed by atoms with Gasteiger partial charge in [-0.1, -0.05) is 13.2 Å². The summed E-state index contributed by atoms with van der Waals surface area (Å²) in [7, 11) is 0. The van der Waals surface area contributed by atoms with Crippen LogP contribution in [0.2, 0.25) is 0 Å². The van der Waals surface area contributed by atoms with Gasteiger partial charge in [0.05, 0.1) is 19.3 Å². The van der Waals surface area contributed by atoms with Crippen LogP contribution in [0.15, 0.2) is 34.5 Å². The standard InChI is InChI=1S/C6H5N3O2.C6H9N3.C6H7NO2/c7-3-8-5-1-4(10)2-6(11)9-5;1-4-2-5(7)3-6(8)9-4;1-4-2-5(8)3-6(9)7-4/h1-2H2,(H,8,9,11);7H,1-3H2,(H2,8,9);1-3H2,(H,7,9). The normalized spacial score (nSPS) is 20.3. The number of amides is 2. The van der Waals surface area contributed by atoms with E-state index in [2.05, 4.69) is 33.8 Å². The molecule has 3 heterocycles. The number of piperidine rings is 2. The number of nitrogens with zero attached hydrogens (tertiary/aromatic N) is 3. The van der Waals surface area contributed by atoms with E-state index >= 15 is 0 Å². The Balaban J connectivity index is 0.000000219. The van der Waals surface area contributed by atoms with Crippen LogP contribution in [0.4, 0.5) is 0 Å². The number of nitrogens with one attached hydrogen (secondary N) is 3. The fraction of sp³-hybridized carbons (Fsp3) is 0.333. The number of rotatable bonds is 0. The number of aliphatic imine (C=N–C) groups is 2. The van der Waals surface area contributed by atoms with Gasteiger partial charge in [-0.3, -0.25) is 19.2 Å². The quantitative estimate of drug-likeness (QED) is 0.327. The van der Waals surface area contributed by atoms with Gasteiger partial charge in [-0.25, -0.2) is 4.99 Å². The summed E-state index contributed by atoms with van der Waals surface area (Å²) < 4.78 is 0. The average Bonchev–Trinajstić information content (AvgIpc) is 2.52. The molecule has 2 fully saturated rings. The minimum absolute atomic E-state index is 0.0129. The van der Waals surface area contributed by atoms with Crippen molar-refractivity contribution in [1.82, 2.24) is 10.6 Å². The van der Waals surface area contributed by atoms with Crippen molar-refractivity contribution in [2.24, 2.45) is 15.7 Å². The van der Waals surface area contributed by atoms with Crippen LogP contribution in [0.1, 0.15) is 38.5 Å². The summed E-state index contributed by atoms with van der Waals surface area (Å²) in [6, 6.07) is 0. The molecule has 0 saturated carbocycles. The summed E-state index contributed by atoms with van der Waals surface area (Å²) in [5, 5.41) is 20.1. The SMILES string of the molecule is C=C1CC(=N)CC(N)=N1.C=C1CC(=O)CC(=O)N1.N#CN=C1CC(=O)CC(=O)N1. The molecule has 0 radical (unpaired) electrons. The second kappa shape index (κ2) is 11.0. The Bertz CT molecular complexity index is 811. The lowest BCUT2D eigenvalue weighted by Crippen LogP contribution is -2.38. The lowest BCUT2D eigenvalue weighted by Gasteiger charge is -2.11. The minimum Gasteiger partial charge on any atom is -0.387 e. The van der Waals surface area contributed by atoms with Gasteiger partial charge >= 0.3 is 0 Å². The lowest BCUT2D eigenvalue weighted by atomic mass is 10.1. The van der Waals surface area contributed by atoms with Gasteiger partial charge in [0.25, 0.3) is 0 Å². The van der Waals surface area contributed by atoms with Crippen LogP contribution in [0.3, 0.4) is 0 Å². The molecule has 2 amide bonds. The van der Waals surface area contributed by atoms with Gasteiger partial charge in [-0.15, -0.1) is 0 Å². The van der Waals surface area contributed by atoms with Gasteiger partial charge in [0.2, 0.25) is 18.0 Å². The van der Waals surface area contributed by atoms with Gasteiger partial charge in [0, 0.05) is 36.4 Å². The Labute approximate surface area is 167 Å². The first-order valence-corrected chi connectivity index (χ1v) is 8.42. The molecule has 0 aromatic carbocycles. The molecule has 2 saturated heterocycles. The Morgan fingerprint density at radius 3 is 2.00 bits per heavy atom. The predicted octanol–water partition coefficient (Wildman–Crippen LogP) is -0.00485. The van der Waals surface area contributed by atoms with Crippen molar-refractivity contribution in [3.05, 3.63) is 24.6 Å². The first-order valence-electron chi connectivity index (χ1n) is 8.42. The van der Waals surface area contributed by atoms with Crippen LogP contribution in [0.5, 0.6) is 0 Å². The summed E-state index contributed by atoms with van der Waals surface area (Å²) in [5.74, 6) is -0.233. The summed E-state index contributed by atoms with van der Waals surface area (Å²) >= 11 is 0. The molecule has 3 aliphatic heterocycles. The van der Waals surface area contributed by atoms with Crippen molar-refractivity contribution >= 4 is 40.8 Å². The largest absolute Gasteiger partial charge is 0.387 e. The monoisotopic (exact) mass is 399 g/mol. The van der Waals surface area contributed by atoms with Gasteiger partial charge < -0.3 is 21.8 Å². The molecule has 5 N–H and O–H groups in total. The minimum atomic E-state index is -0.393. The molecule has 3 aliphatic rings. The molecule has 0 spiro atoms. The Morgan fingerprint density at radius 1 is 0.966 bits per heavy atom. The van der Waals surface area contributed by atoms with Crippen molar-refractivity contribution < 1.29 is 19.2 Å². The van der Waals surface area contributed by atoms with E-state index in [1.54, 1.807) is 0 Å². The highest BCUT2D eigenvalue weighted by Gasteiger charge is 2.20. The number of nitrogens with two attached hydrogens (primary N) is 1. The van der Waals surface area contributed by atoms with Crippen LogP contribution in [-0.4, -0.2) is 40.8 Å². The Morgan fingerprint density at radius 2 is 1.55 bits per heavy atom. The highest BCUT2D eigenvalue weighted by molar-refractivity contribution is 6.18. The zero-order valence-electron chi connectivity index (χ0n) is 15.7. The van der Waals surface area contributed by atoms with Gasteiger partial charge in [-0.2, -0.15) is 10.3 Å². The van der Waals surface area contributed by atoms with E-state index < -0.39 is 5.91 Å². The van der Waals surface area contributed by atoms with Crippen LogP contribution >= 0.6 is 0 Å². The molecule has 0 bridgehead atoms. The maximum atomic E-state index is 10.7. The molecule has 29 heavy (non-hydrogen) atoms. The van der Waals surface area contributed by atoms with E-state index in [0.717, 1.165) is 0 Å². The number of carbonyl (C=O) groups is 4. The zero-order chi connectivity index (χ0) is 22.0. The highest BCUT2D eigenvalue weighted by atomic mass is 16.2. The third-order valence-corrected chi connectivity index (χ3v) is 3.39. The molecule has 11 nitrogen and oxygen atoms in total. The van der Waals surface area contributed by atoms with Gasteiger partial charge in [0.1, 0.15) is 23.2 Å². The number of Topliss-reactive ketones (excluding diaryl/α,β-unsaturated/α-hetero) is 2. The topological polar surface area (TPSA) is 191 Å². The highest BCUT2D eigenvalue weighted by Crippen LogP contribution is 2.09. The van der Waals surface area contributed by atoms with Crippen LogP contribution < -0.4 is 16.4 Å². The zero-order valence-corrected chi connectivity index (χ0v) is 15.7. The molecule has 0 atom stereocenters. The number of allylic oxidation sites excluding steroid dienone is 2. The van der Waals surface area contributed by atoms with Crippen molar-refractivity contribution in [2.75, 3.05) is 0 Å². The third kappa shape index (κ3) is 9.53. The third-order valence-electron chi connectivity index (χ3n) is 3.39. The van der Waals surface area contributed by atoms with E-state index in [1.807, 2.05) is 0 Å². The van der Waals surface area contributed by atoms with Crippen molar-refractivity contribution in [1.29, 1.82) is 10.7 Å². The first kappa shape index (κ1) is 23.1. The Hall–Kier alpha value is -3.94. The van der Waals surface area contributed by atoms with Gasteiger partial charge in [0.15, 0.2) is 0 Å². The summed E-state index contributed by atoms with van der Waals surface area (Å²) in [5.41, 5.74) is 7.18. The second-order valence-electron chi connectivity index (χ2n) is 6.27. The molecule has 0 aromatic heterocycles. The number of hydrogen-bond acceptors (Lipinski definition) is 9. The molecule has 11 heteroatoms. The van der Waals surface area contributed by atoms with Crippen molar-refractivity contribution in [3.8, 4) is 6.19 Å². The number of nitriles is 1. The second-order valence-corrected chi connectivity index (χ2v) is 6.27. The lowest BCUT2D eigenvalue weighted by molar-refractivity contribution is -0.130. The summed E-state index contributed by atoms with van der Waals surface area (Å²) in [4.78, 5) is 49.5. The molecule has 0 unspecified atom stereocenters. The van der Waals surface area contributed by atoms with E-state index in [0.29, 0.717) is 42.2 Å². The maximum Gasteiger partial charge on any atom is 0.232 e. The summed E-state index contributed by atoms with van der Waals surface area (Å²) in [6.45, 7) is 7.07. The average molecular weight is 399 g/mol. The van der Waals surface area contributed by atoms with E-state index in [4.69, 9.17) is 16.4 Å². The summed E-state index contributed by atoms with van der Waals surface area (Å²) in [6.07, 6.45) is 2.85. The molecule has 0 aliphatic carbocycles. The van der Waals surface area contributed by atoms with E-state index in [-0.39, 0.29) is 42.6 Å². The number of ketones is 2. The number of carbonyl (C=O) groups excluding carboxylic acids is 4. The predicted molar refractivity (Wildman–Crippen MR) is 105 cm³/mol. The molecule has 0 aromatic rings. The van der Waals surface area contributed by atoms with Crippen LogP contribution in [0.25, 0.3) is 0 Å². The van der Waals surface area contributed by atoms with Crippen LogP contribution in [0, 0.1) is 16.9 Å². The van der Waals surface area contributed by atoms with E-state index in [1.165, 1.54) is 6.19 Å². The fourth-order valence-electron chi connectivity index (χ4n) is 2.38. The first-order chi connectivity index (χ1) is 13.6. The van der Waals surface area contributed by atoms with Gasteiger partial charge in [-0.05, 0) is 0 Å². The number of amidine groups is 2. The molecular weight excluding hydrogens is 378 g/mol.